The Morgan fingerprint density at radius 2 is 2.10 bits per heavy atom. The number of anilines is 1. The van der Waals surface area contributed by atoms with Gasteiger partial charge in [0, 0.05) is 17.8 Å². The molecule has 0 aromatic carbocycles. The summed E-state index contributed by atoms with van der Waals surface area (Å²) in [5, 5.41) is 3.71. The first-order valence-corrected chi connectivity index (χ1v) is 7.55. The van der Waals surface area contributed by atoms with Crippen LogP contribution in [0.4, 0.5) is 5.82 Å². The molecular formula is C16H30N4. The maximum Gasteiger partial charge on any atom is 0.123 e. The molecule has 4 heteroatoms. The van der Waals surface area contributed by atoms with Gasteiger partial charge in [0.15, 0.2) is 0 Å². The highest BCUT2D eigenvalue weighted by atomic mass is 15.2. The molecule has 1 aromatic heterocycles. The van der Waals surface area contributed by atoms with Crippen molar-refractivity contribution in [3.8, 4) is 0 Å². The number of pyridine rings is 1. The molecule has 0 amide bonds. The van der Waals surface area contributed by atoms with E-state index in [4.69, 9.17) is 5.73 Å². The van der Waals surface area contributed by atoms with Crippen LogP contribution in [-0.4, -0.2) is 42.1 Å². The Kier molecular flexibility index (Phi) is 6.43. The van der Waals surface area contributed by atoms with Crippen LogP contribution in [0.3, 0.4) is 0 Å². The van der Waals surface area contributed by atoms with Gasteiger partial charge in [-0.05, 0) is 64.5 Å². The largest absolute Gasteiger partial charge is 0.384 e. The maximum absolute atomic E-state index is 5.79. The number of likely N-dealkylation sites (N-methyl/N-ethyl adjacent to an activating group) is 1. The fourth-order valence-corrected chi connectivity index (χ4v) is 2.56. The summed E-state index contributed by atoms with van der Waals surface area (Å²) in [7, 11) is 4.32. The molecule has 1 rings (SSSR count). The minimum absolute atomic E-state index is 0.118. The number of hydrogen-bond donors (Lipinski definition) is 2. The molecule has 0 aliphatic carbocycles. The second-order valence-electron chi connectivity index (χ2n) is 5.90. The van der Waals surface area contributed by atoms with Crippen molar-refractivity contribution < 1.29 is 0 Å². The van der Waals surface area contributed by atoms with E-state index in [2.05, 4.69) is 56.1 Å². The third-order valence-corrected chi connectivity index (χ3v) is 4.41. The molecule has 2 unspecified atom stereocenters. The van der Waals surface area contributed by atoms with Crippen molar-refractivity contribution in [1.29, 1.82) is 0 Å². The molecule has 0 saturated heterocycles. The van der Waals surface area contributed by atoms with E-state index >= 15 is 0 Å². The van der Waals surface area contributed by atoms with Gasteiger partial charge >= 0.3 is 0 Å². The Balaban J connectivity index is 2.94. The molecular weight excluding hydrogens is 248 g/mol. The molecule has 1 heterocycles. The van der Waals surface area contributed by atoms with Gasteiger partial charge in [-0.3, -0.25) is 0 Å². The number of nitrogens with one attached hydrogen (secondary N) is 1. The number of hydrogen-bond acceptors (Lipinski definition) is 4. The minimum atomic E-state index is 0.118. The average molecular weight is 278 g/mol. The molecule has 4 nitrogen and oxygen atoms in total. The van der Waals surface area contributed by atoms with Crippen LogP contribution >= 0.6 is 0 Å². The fraction of sp³-hybridized carbons (Fsp3) is 0.688. The SMILES string of the molecule is CCCNC(Cc1ccnc(N)c1)C(C)(CC)N(C)C. The molecule has 20 heavy (non-hydrogen) atoms. The minimum Gasteiger partial charge on any atom is -0.384 e. The predicted octanol–water partition coefficient (Wildman–Crippen LogP) is 2.30. The Bertz CT molecular complexity index is 405. The summed E-state index contributed by atoms with van der Waals surface area (Å²) >= 11 is 0. The van der Waals surface area contributed by atoms with Crippen LogP contribution in [0.15, 0.2) is 18.3 Å². The Morgan fingerprint density at radius 3 is 2.60 bits per heavy atom. The summed E-state index contributed by atoms with van der Waals surface area (Å²) in [6.45, 7) is 7.81. The Hall–Kier alpha value is -1.13. The van der Waals surface area contributed by atoms with Crippen molar-refractivity contribution in [1.82, 2.24) is 15.2 Å². The summed E-state index contributed by atoms with van der Waals surface area (Å²) in [5.41, 5.74) is 7.16. The summed E-state index contributed by atoms with van der Waals surface area (Å²) < 4.78 is 0. The van der Waals surface area contributed by atoms with Gasteiger partial charge in [0.05, 0.1) is 0 Å². The molecule has 1 aromatic rings. The van der Waals surface area contributed by atoms with E-state index in [0.717, 1.165) is 25.8 Å². The molecule has 0 radical (unpaired) electrons. The number of nitrogens with zero attached hydrogens (tertiary/aromatic N) is 2. The highest BCUT2D eigenvalue weighted by molar-refractivity contribution is 5.32. The van der Waals surface area contributed by atoms with E-state index in [-0.39, 0.29) is 5.54 Å². The highest BCUT2D eigenvalue weighted by Gasteiger charge is 2.34. The van der Waals surface area contributed by atoms with Crippen molar-refractivity contribution in [3.63, 3.8) is 0 Å². The van der Waals surface area contributed by atoms with Crippen LogP contribution in [0.25, 0.3) is 0 Å². The van der Waals surface area contributed by atoms with Gasteiger partial charge in [0.25, 0.3) is 0 Å². The quantitative estimate of drug-likeness (QED) is 0.766. The van der Waals surface area contributed by atoms with Gasteiger partial charge in [-0.2, -0.15) is 0 Å². The van der Waals surface area contributed by atoms with E-state index in [9.17, 15) is 0 Å². The first kappa shape index (κ1) is 16.9. The normalized spacial score (nSPS) is 16.1. The molecule has 0 saturated carbocycles. The molecule has 0 spiro atoms. The van der Waals surface area contributed by atoms with Crippen molar-refractivity contribution in [2.24, 2.45) is 0 Å². The zero-order chi connectivity index (χ0) is 15.2. The lowest BCUT2D eigenvalue weighted by atomic mass is 9.84. The lowest BCUT2D eigenvalue weighted by Gasteiger charge is -2.43. The first-order chi connectivity index (χ1) is 9.43. The second kappa shape index (κ2) is 7.60. The lowest BCUT2D eigenvalue weighted by molar-refractivity contribution is 0.112. The topological polar surface area (TPSA) is 54.2 Å². The van der Waals surface area contributed by atoms with E-state index < -0.39 is 0 Å². The maximum atomic E-state index is 5.79. The van der Waals surface area contributed by atoms with Crippen LogP contribution in [0.5, 0.6) is 0 Å². The van der Waals surface area contributed by atoms with Gasteiger partial charge in [0.2, 0.25) is 0 Å². The summed E-state index contributed by atoms with van der Waals surface area (Å²) in [4.78, 5) is 6.40. The standard InChI is InChI=1S/C16H30N4/c1-6-9-18-14(16(3,7-2)20(4)5)11-13-8-10-19-15(17)12-13/h8,10,12,14,18H,6-7,9,11H2,1-5H3,(H2,17,19). The summed E-state index contributed by atoms with van der Waals surface area (Å²) in [6, 6.07) is 4.43. The number of nitrogen functional groups attached to an aromatic ring is 1. The Labute approximate surface area is 123 Å². The van der Waals surface area contributed by atoms with Crippen molar-refractivity contribution >= 4 is 5.82 Å². The Morgan fingerprint density at radius 1 is 1.40 bits per heavy atom. The predicted molar refractivity (Wildman–Crippen MR) is 86.8 cm³/mol. The van der Waals surface area contributed by atoms with E-state index in [1.807, 2.05) is 6.07 Å². The average Bonchev–Trinajstić information content (AvgIpc) is 2.42. The molecule has 0 aliphatic rings. The molecule has 2 atom stereocenters. The van der Waals surface area contributed by atoms with Crippen molar-refractivity contribution in [2.45, 2.75) is 51.6 Å². The second-order valence-corrected chi connectivity index (χ2v) is 5.90. The number of nitrogens with two attached hydrogens (primary N) is 1. The van der Waals surface area contributed by atoms with Crippen LogP contribution < -0.4 is 11.1 Å². The van der Waals surface area contributed by atoms with Crippen molar-refractivity contribution in [2.75, 3.05) is 26.4 Å². The van der Waals surface area contributed by atoms with Gasteiger partial charge in [-0.25, -0.2) is 4.98 Å². The van der Waals surface area contributed by atoms with E-state index in [1.54, 1.807) is 6.20 Å². The van der Waals surface area contributed by atoms with Crippen molar-refractivity contribution in [3.05, 3.63) is 23.9 Å². The molecule has 0 fully saturated rings. The van der Waals surface area contributed by atoms with Gasteiger partial charge < -0.3 is 16.0 Å². The third-order valence-electron chi connectivity index (χ3n) is 4.41. The highest BCUT2D eigenvalue weighted by Crippen LogP contribution is 2.24. The first-order valence-electron chi connectivity index (χ1n) is 7.55. The van der Waals surface area contributed by atoms with Crippen LogP contribution in [0.1, 0.15) is 39.2 Å². The van der Waals surface area contributed by atoms with Crippen LogP contribution in [-0.2, 0) is 6.42 Å². The van der Waals surface area contributed by atoms with E-state index in [0.29, 0.717) is 11.9 Å². The van der Waals surface area contributed by atoms with E-state index in [1.165, 1.54) is 5.56 Å². The molecule has 0 aliphatic heterocycles. The molecule has 0 bridgehead atoms. The zero-order valence-electron chi connectivity index (χ0n) is 13.6. The number of aromatic nitrogens is 1. The lowest BCUT2D eigenvalue weighted by Crippen LogP contribution is -2.57. The van der Waals surface area contributed by atoms with Gasteiger partial charge in [0.1, 0.15) is 5.82 Å². The van der Waals surface area contributed by atoms with Crippen LogP contribution in [0, 0.1) is 0 Å². The van der Waals surface area contributed by atoms with Gasteiger partial charge in [-0.1, -0.05) is 13.8 Å². The van der Waals surface area contributed by atoms with Gasteiger partial charge in [-0.15, -0.1) is 0 Å². The smallest absolute Gasteiger partial charge is 0.123 e. The monoisotopic (exact) mass is 278 g/mol. The zero-order valence-corrected chi connectivity index (χ0v) is 13.6. The fourth-order valence-electron chi connectivity index (χ4n) is 2.56. The molecule has 3 N–H and O–H groups in total. The third kappa shape index (κ3) is 4.18. The molecule has 114 valence electrons. The number of rotatable bonds is 8. The van der Waals surface area contributed by atoms with Crippen LogP contribution in [0.2, 0.25) is 0 Å². The summed E-state index contributed by atoms with van der Waals surface area (Å²) in [6.07, 6.45) is 5.00. The summed E-state index contributed by atoms with van der Waals surface area (Å²) in [5.74, 6) is 0.597.